The summed E-state index contributed by atoms with van der Waals surface area (Å²) in [6.45, 7) is 0. The topological polar surface area (TPSA) is 49.4 Å². The molecule has 0 fully saturated rings. The Hall–Kier alpha value is -1.92. The van der Waals surface area contributed by atoms with Gasteiger partial charge in [-0.25, -0.2) is 13.0 Å². The summed E-state index contributed by atoms with van der Waals surface area (Å²) in [5, 5.41) is 0. The van der Waals surface area contributed by atoms with Crippen molar-refractivity contribution in [2.75, 3.05) is 14.2 Å². The summed E-state index contributed by atoms with van der Waals surface area (Å²) in [6, 6.07) is 4.52. The van der Waals surface area contributed by atoms with E-state index < -0.39 is 9.05 Å². The number of rotatable bonds is 3. The molecule has 2 aliphatic heterocycles. The molecule has 0 saturated carbocycles. The first-order valence-electron chi connectivity index (χ1n) is 6.15. The van der Waals surface area contributed by atoms with E-state index >= 15 is 0 Å². The lowest BCUT2D eigenvalue weighted by Gasteiger charge is -2.04. The summed E-state index contributed by atoms with van der Waals surface area (Å²) in [4.78, 5) is 0.0407. The number of hydrogen-bond acceptors (Lipinski definition) is 3. The van der Waals surface area contributed by atoms with Crippen LogP contribution in [0.25, 0.3) is 0 Å². The molecule has 0 atom stereocenters. The highest BCUT2D eigenvalue weighted by atomic mass is 35.7. The molecule has 2 heterocycles. The maximum atomic E-state index is 11.5. The Morgan fingerprint density at radius 3 is 2.48 bits per heavy atom. The molecule has 1 aromatic rings. The van der Waals surface area contributed by atoms with Crippen molar-refractivity contribution >= 4 is 37.8 Å². The van der Waals surface area contributed by atoms with E-state index in [1.165, 1.54) is 19.2 Å². The van der Waals surface area contributed by atoms with Crippen LogP contribution in [0.2, 0.25) is 0 Å². The highest BCUT2D eigenvalue weighted by Gasteiger charge is 2.30. The molecule has 7 heteroatoms. The fourth-order valence-corrected chi connectivity index (χ4v) is 3.11. The molecule has 2 aliphatic rings. The van der Waals surface area contributed by atoms with Gasteiger partial charge in [-0.05, 0) is 12.1 Å². The zero-order valence-corrected chi connectivity index (χ0v) is 13.0. The molecule has 0 aliphatic carbocycles. The van der Waals surface area contributed by atoms with Crippen LogP contribution in [0.5, 0.6) is 5.75 Å². The van der Waals surface area contributed by atoms with Crippen molar-refractivity contribution in [1.29, 1.82) is 0 Å². The van der Waals surface area contributed by atoms with E-state index in [4.69, 9.17) is 15.4 Å². The zero-order valence-electron chi connectivity index (χ0n) is 11.4. The van der Waals surface area contributed by atoms with Gasteiger partial charge in [-0.3, -0.25) is 0 Å². The standard InChI is InChI=1S/C14H13ClN2O3S/c1-16-6-10-8-17(9-11(10)7-16)13-5-12(21(15,18)19)3-4-14(13)20-2/h3-9H,1-2H3/q+2. The van der Waals surface area contributed by atoms with E-state index in [0.29, 0.717) is 11.4 Å². The van der Waals surface area contributed by atoms with Gasteiger partial charge in [0.05, 0.1) is 12.0 Å². The molecule has 0 bridgehead atoms. The SMILES string of the molecule is COc1ccc(S(=O)(=O)Cl)cc1[N+]1=CC2=C[N+](C)=CC2=C1. The normalized spacial score (nSPS) is 16.9. The largest absolute Gasteiger partial charge is 0.490 e. The van der Waals surface area contributed by atoms with E-state index in [1.54, 1.807) is 6.07 Å². The molecule has 1 aromatic carbocycles. The summed E-state index contributed by atoms with van der Waals surface area (Å²) >= 11 is 0. The number of methoxy groups -OCH3 is 1. The van der Waals surface area contributed by atoms with Gasteiger partial charge in [0.2, 0.25) is 0 Å². The number of halogens is 1. The van der Waals surface area contributed by atoms with Crippen molar-refractivity contribution in [3.63, 3.8) is 0 Å². The van der Waals surface area contributed by atoms with Crippen molar-refractivity contribution in [3.8, 4) is 5.75 Å². The van der Waals surface area contributed by atoms with Crippen molar-refractivity contribution < 1.29 is 22.3 Å². The monoisotopic (exact) mass is 324 g/mol. The van der Waals surface area contributed by atoms with Crippen LogP contribution >= 0.6 is 10.7 Å². The van der Waals surface area contributed by atoms with Crippen LogP contribution in [0, 0.1) is 0 Å². The predicted octanol–water partition coefficient (Wildman–Crippen LogP) is 1.85. The van der Waals surface area contributed by atoms with Gasteiger partial charge in [-0.2, -0.15) is 4.58 Å². The minimum absolute atomic E-state index is 0.0407. The van der Waals surface area contributed by atoms with Gasteiger partial charge in [0.25, 0.3) is 14.7 Å². The van der Waals surface area contributed by atoms with Gasteiger partial charge in [0, 0.05) is 16.7 Å². The summed E-state index contributed by atoms with van der Waals surface area (Å²) in [5.74, 6) is 0.570. The third-order valence-electron chi connectivity index (χ3n) is 3.29. The Morgan fingerprint density at radius 2 is 1.86 bits per heavy atom. The smallest absolute Gasteiger partial charge is 0.261 e. The quantitative estimate of drug-likeness (QED) is 0.630. The van der Waals surface area contributed by atoms with E-state index in [0.717, 1.165) is 11.1 Å². The van der Waals surface area contributed by atoms with Crippen LogP contribution in [0.4, 0.5) is 5.69 Å². The molecule has 0 spiro atoms. The van der Waals surface area contributed by atoms with Crippen LogP contribution < -0.4 is 4.74 Å². The Morgan fingerprint density at radius 1 is 1.14 bits per heavy atom. The Kier molecular flexibility index (Phi) is 3.22. The first kappa shape index (κ1) is 14.0. The van der Waals surface area contributed by atoms with Crippen molar-refractivity contribution in [2.24, 2.45) is 0 Å². The Bertz CT molecular complexity index is 864. The highest BCUT2D eigenvalue weighted by molar-refractivity contribution is 8.13. The average Bonchev–Trinajstić information content (AvgIpc) is 2.93. The second-order valence-corrected chi connectivity index (χ2v) is 7.34. The number of fused-ring (bicyclic) bond motifs is 1. The molecular formula is C14H13ClN2O3S+2. The minimum Gasteiger partial charge on any atom is -0.490 e. The minimum atomic E-state index is -3.78. The predicted molar refractivity (Wildman–Crippen MR) is 80.4 cm³/mol. The van der Waals surface area contributed by atoms with Crippen molar-refractivity contribution in [3.05, 3.63) is 41.7 Å². The van der Waals surface area contributed by atoms with Gasteiger partial charge >= 0.3 is 0 Å². The first-order chi connectivity index (χ1) is 9.88. The molecular weight excluding hydrogens is 312 g/mol. The fraction of sp³-hybridized carbons (Fsp3) is 0.143. The number of benzene rings is 1. The second-order valence-electron chi connectivity index (χ2n) is 4.77. The highest BCUT2D eigenvalue weighted by Crippen LogP contribution is 2.33. The first-order valence-corrected chi connectivity index (χ1v) is 8.46. The van der Waals surface area contributed by atoms with Crippen molar-refractivity contribution in [2.45, 2.75) is 4.90 Å². The molecule has 0 amide bonds. The third-order valence-corrected chi connectivity index (χ3v) is 4.64. The van der Waals surface area contributed by atoms with Crippen LogP contribution in [0.15, 0.2) is 46.6 Å². The van der Waals surface area contributed by atoms with Gasteiger partial charge in [0.1, 0.15) is 18.2 Å². The van der Waals surface area contributed by atoms with Crippen LogP contribution in [-0.2, 0) is 9.05 Å². The molecule has 0 N–H and O–H groups in total. The van der Waals surface area contributed by atoms with Gasteiger partial charge < -0.3 is 4.74 Å². The number of nitrogens with zero attached hydrogens (tertiary/aromatic N) is 2. The molecule has 3 rings (SSSR count). The van der Waals surface area contributed by atoms with Crippen molar-refractivity contribution in [1.82, 2.24) is 0 Å². The maximum absolute atomic E-state index is 11.5. The summed E-state index contributed by atoms with van der Waals surface area (Å²) < 4.78 is 32.1. The van der Waals surface area contributed by atoms with Crippen LogP contribution in [-0.4, -0.2) is 44.2 Å². The van der Waals surface area contributed by atoms with Crippen LogP contribution in [0.3, 0.4) is 0 Å². The van der Waals surface area contributed by atoms with Gasteiger partial charge in [0.15, 0.2) is 30.6 Å². The van der Waals surface area contributed by atoms with E-state index in [1.807, 2.05) is 41.0 Å². The number of hydrogen-bond donors (Lipinski definition) is 0. The molecule has 21 heavy (non-hydrogen) atoms. The second kappa shape index (κ2) is 4.82. The van der Waals surface area contributed by atoms with E-state index in [9.17, 15) is 8.42 Å². The van der Waals surface area contributed by atoms with Gasteiger partial charge in [-0.1, -0.05) is 0 Å². The lowest BCUT2D eigenvalue weighted by atomic mass is 10.2. The molecule has 5 nitrogen and oxygen atoms in total. The summed E-state index contributed by atoms with van der Waals surface area (Å²) in [6.07, 6.45) is 7.80. The number of allylic oxidation sites excluding steroid dienone is 2. The summed E-state index contributed by atoms with van der Waals surface area (Å²) in [5.41, 5.74) is 2.73. The molecule has 108 valence electrons. The average molecular weight is 325 g/mol. The van der Waals surface area contributed by atoms with E-state index in [-0.39, 0.29) is 4.90 Å². The Balaban J connectivity index is 2.12. The molecule has 0 aromatic heterocycles. The third kappa shape index (κ3) is 2.52. The summed E-state index contributed by atoms with van der Waals surface area (Å²) in [7, 11) is 5.12. The Labute approximate surface area is 127 Å². The maximum Gasteiger partial charge on any atom is 0.261 e. The fourth-order valence-electron chi connectivity index (χ4n) is 2.34. The number of ether oxygens (including phenoxy) is 1. The molecule has 0 saturated heterocycles. The van der Waals surface area contributed by atoms with Crippen LogP contribution in [0.1, 0.15) is 0 Å². The lowest BCUT2D eigenvalue weighted by molar-refractivity contribution is -0.414. The molecule has 0 unspecified atom stereocenters. The van der Waals surface area contributed by atoms with E-state index in [2.05, 4.69) is 0 Å². The molecule has 0 radical (unpaired) electrons. The van der Waals surface area contributed by atoms with Gasteiger partial charge in [-0.15, -0.1) is 0 Å². The zero-order chi connectivity index (χ0) is 15.2. The lowest BCUT2D eigenvalue weighted by Crippen LogP contribution is -2.01.